The molecule has 14 nitrogen and oxygen atoms in total. The summed E-state index contributed by atoms with van der Waals surface area (Å²) in [7, 11) is 0. The quantitative estimate of drug-likeness (QED) is 0.0931. The summed E-state index contributed by atoms with van der Waals surface area (Å²) >= 11 is 0. The second-order valence-corrected chi connectivity index (χ2v) is 16.6. The van der Waals surface area contributed by atoms with Crippen LogP contribution in [0.25, 0.3) is 5.57 Å². The maximum atomic E-state index is 14.2. The number of benzene rings is 1. The van der Waals surface area contributed by atoms with Gasteiger partial charge in [0.2, 0.25) is 29.4 Å². The molecule has 14 heteroatoms. The molecular weight excluding hydrogens is 789 g/mol. The van der Waals surface area contributed by atoms with Crippen LogP contribution in [0.15, 0.2) is 64.0 Å². The van der Waals surface area contributed by atoms with Crippen LogP contribution in [0.5, 0.6) is 0 Å². The molecule has 2 aliphatic heterocycles. The van der Waals surface area contributed by atoms with Crippen molar-refractivity contribution in [3.63, 3.8) is 0 Å². The molecule has 2 atom stereocenters. The summed E-state index contributed by atoms with van der Waals surface area (Å²) in [5.41, 5.74) is 2.79. The molecule has 0 bridgehead atoms. The van der Waals surface area contributed by atoms with Gasteiger partial charge in [-0.2, -0.15) is 0 Å². The number of nitrogens with one attached hydrogen (secondary N) is 3. The van der Waals surface area contributed by atoms with Crippen molar-refractivity contribution in [3.8, 4) is 0 Å². The fraction of sp³-hybridized carbons (Fsp3) is 0.583. The molecule has 0 radical (unpaired) electrons. The Balaban J connectivity index is 1.38. The van der Waals surface area contributed by atoms with E-state index in [9.17, 15) is 29.1 Å². The first-order valence-electron chi connectivity index (χ1n) is 22.9. The van der Waals surface area contributed by atoms with Gasteiger partial charge in [-0.3, -0.25) is 24.0 Å². The number of nitrogens with zero attached hydrogens (tertiary/aromatic N) is 3. The lowest BCUT2D eigenvalue weighted by Gasteiger charge is -2.32. The number of ether oxygens (including phenoxy) is 2. The monoisotopic (exact) mass is 857 g/mol. The van der Waals surface area contributed by atoms with E-state index in [1.807, 2.05) is 12.1 Å². The van der Waals surface area contributed by atoms with E-state index >= 15 is 0 Å². The smallest absolute Gasteiger partial charge is 0.246 e. The summed E-state index contributed by atoms with van der Waals surface area (Å²) in [5, 5.41) is 20.6. The van der Waals surface area contributed by atoms with Gasteiger partial charge >= 0.3 is 0 Å². The molecule has 2 aliphatic carbocycles. The third-order valence-corrected chi connectivity index (χ3v) is 12.1. The van der Waals surface area contributed by atoms with Gasteiger partial charge in [-0.25, -0.2) is 4.99 Å². The molecule has 0 spiro atoms. The third-order valence-electron chi connectivity index (χ3n) is 12.1. The molecule has 2 saturated heterocycles. The standard InChI is InChI=1S/C48H68N6O8/c1-5-9-11-33(7-3)31-49-41(55)17-19-43(57)51-39-29-35(53-21-25-61-26-22-53)13-15-37(39)45-47(59)46(48(45)60)38-16-14-36(54-23-27-62-28-24-54)30-40(38)52-44(58)20-18-42(56)50-32-34(8-4)12-10-6-2/h13-16,29-30,33-34,59H,5-12,17-28,31-32H2,1-4H3,(H,49,55)(H,50,56)(H,51,57)/b46-38-,52-40?. The first kappa shape index (κ1) is 48.0. The SMILES string of the molecule is CCCCC(CC)CNC(=O)CCC(=O)N=C1C=C(N2CCOCC2)C=C/C1=C1/C(=O)C(c2ccc(N3CCOCC3)cc2NC(=O)CCC(=O)NCC(CC)CCCC)=C1O. The largest absolute Gasteiger partial charge is 0.506 e. The first-order valence-corrected chi connectivity index (χ1v) is 22.9. The number of hydrogen-bond donors (Lipinski definition) is 4. The number of rotatable bonds is 22. The Bertz CT molecular complexity index is 1920. The van der Waals surface area contributed by atoms with Gasteiger partial charge in [0.05, 0.1) is 49.0 Å². The number of carbonyl (C=O) groups is 5. The maximum Gasteiger partial charge on any atom is 0.246 e. The van der Waals surface area contributed by atoms with Crippen molar-refractivity contribution in [1.29, 1.82) is 0 Å². The second-order valence-electron chi connectivity index (χ2n) is 16.6. The molecule has 2 unspecified atom stereocenters. The van der Waals surface area contributed by atoms with Crippen LogP contribution in [0.3, 0.4) is 0 Å². The molecule has 0 saturated carbocycles. The zero-order valence-electron chi connectivity index (χ0n) is 37.3. The summed E-state index contributed by atoms with van der Waals surface area (Å²) in [6, 6.07) is 5.34. The summed E-state index contributed by atoms with van der Waals surface area (Å²) < 4.78 is 11.1. The van der Waals surface area contributed by atoms with E-state index in [4.69, 9.17) is 9.47 Å². The number of anilines is 2. The Labute approximate surface area is 367 Å². The van der Waals surface area contributed by atoms with Crippen LogP contribution < -0.4 is 20.9 Å². The van der Waals surface area contributed by atoms with Crippen molar-refractivity contribution in [2.24, 2.45) is 16.8 Å². The van der Waals surface area contributed by atoms with Gasteiger partial charge in [-0.15, -0.1) is 0 Å². The lowest BCUT2D eigenvalue weighted by atomic mass is 9.78. The van der Waals surface area contributed by atoms with Crippen LogP contribution in [-0.2, 0) is 33.4 Å². The molecule has 62 heavy (non-hydrogen) atoms. The van der Waals surface area contributed by atoms with E-state index in [-0.39, 0.29) is 65.7 Å². The number of ketones is 1. The molecule has 4 amide bonds. The molecule has 338 valence electrons. The van der Waals surface area contributed by atoms with Crippen molar-refractivity contribution in [2.45, 2.75) is 105 Å². The minimum atomic E-state index is -0.520. The predicted molar refractivity (Wildman–Crippen MR) is 243 cm³/mol. The minimum Gasteiger partial charge on any atom is -0.506 e. The van der Waals surface area contributed by atoms with E-state index in [1.54, 1.807) is 24.3 Å². The average molecular weight is 857 g/mol. The zero-order chi connectivity index (χ0) is 44.4. The Kier molecular flexibility index (Phi) is 19.0. The van der Waals surface area contributed by atoms with E-state index < -0.39 is 17.6 Å². The van der Waals surface area contributed by atoms with E-state index in [2.05, 4.69) is 58.4 Å². The number of aliphatic imine (C=N–C) groups is 1. The molecular formula is C48H68N6O8. The molecule has 4 N–H and O–H groups in total. The van der Waals surface area contributed by atoms with E-state index in [0.29, 0.717) is 88.8 Å². The lowest BCUT2D eigenvalue weighted by Crippen LogP contribution is -2.36. The molecule has 0 aromatic heterocycles. The van der Waals surface area contributed by atoms with Gasteiger partial charge < -0.3 is 40.3 Å². The number of unbranched alkanes of at least 4 members (excludes halogenated alkanes) is 2. The zero-order valence-corrected chi connectivity index (χ0v) is 37.3. The topological polar surface area (TPSA) is 179 Å². The minimum absolute atomic E-state index is 0.00558. The Morgan fingerprint density at radius 1 is 0.742 bits per heavy atom. The summed E-state index contributed by atoms with van der Waals surface area (Å²) in [6.07, 6.45) is 13.5. The van der Waals surface area contributed by atoms with Crippen LogP contribution in [0.1, 0.15) is 110 Å². The lowest BCUT2D eigenvalue weighted by molar-refractivity contribution is -0.125. The molecule has 5 rings (SSSR count). The molecule has 1 aromatic rings. The van der Waals surface area contributed by atoms with Crippen LogP contribution >= 0.6 is 0 Å². The van der Waals surface area contributed by atoms with Crippen LogP contribution in [-0.4, -0.2) is 111 Å². The highest BCUT2D eigenvalue weighted by molar-refractivity contribution is 6.42. The number of hydrogen-bond acceptors (Lipinski definition) is 10. The number of amides is 4. The number of aliphatic hydroxyl groups excluding tert-OH is 1. The number of allylic oxidation sites excluding steroid dienone is 6. The average Bonchev–Trinajstić information content (AvgIpc) is 3.29. The van der Waals surface area contributed by atoms with Crippen molar-refractivity contribution in [1.82, 2.24) is 15.5 Å². The molecule has 4 aliphatic rings. The first-order chi connectivity index (χ1) is 30.1. The van der Waals surface area contributed by atoms with Crippen molar-refractivity contribution >= 4 is 52.1 Å². The number of morpholine rings is 2. The third kappa shape index (κ3) is 13.5. The van der Waals surface area contributed by atoms with Gasteiger partial charge in [0.1, 0.15) is 5.76 Å². The maximum absolute atomic E-state index is 14.2. The Morgan fingerprint density at radius 3 is 1.87 bits per heavy atom. The summed E-state index contributed by atoms with van der Waals surface area (Å²) in [6.45, 7) is 14.4. The highest BCUT2D eigenvalue weighted by Gasteiger charge is 2.39. The summed E-state index contributed by atoms with van der Waals surface area (Å²) in [4.78, 5) is 75.1. The second kappa shape index (κ2) is 24.5. The normalized spacial score (nSPS) is 19.5. The molecule has 1 aromatic carbocycles. The van der Waals surface area contributed by atoms with Crippen molar-refractivity contribution < 1.29 is 38.6 Å². The predicted octanol–water partition coefficient (Wildman–Crippen LogP) is 6.59. The molecule has 2 heterocycles. The van der Waals surface area contributed by atoms with Crippen molar-refractivity contribution in [2.75, 3.05) is 75.9 Å². The van der Waals surface area contributed by atoms with E-state index in [1.165, 1.54) is 0 Å². The van der Waals surface area contributed by atoms with Gasteiger partial charge in [-0.05, 0) is 61.1 Å². The van der Waals surface area contributed by atoms with E-state index in [0.717, 1.165) is 62.8 Å². The fourth-order valence-corrected chi connectivity index (χ4v) is 8.05. The number of aliphatic hydroxyl groups is 1. The van der Waals surface area contributed by atoms with Crippen LogP contribution in [0.2, 0.25) is 0 Å². The van der Waals surface area contributed by atoms with Gasteiger partial charge in [0.25, 0.3) is 0 Å². The Hall–Kier alpha value is -5.08. The Morgan fingerprint density at radius 2 is 1.31 bits per heavy atom. The highest BCUT2D eigenvalue weighted by Crippen LogP contribution is 2.43. The van der Waals surface area contributed by atoms with Gasteiger partial charge in [0.15, 0.2) is 0 Å². The van der Waals surface area contributed by atoms with Gasteiger partial charge in [-0.1, -0.05) is 66.2 Å². The van der Waals surface area contributed by atoms with Crippen LogP contribution in [0.4, 0.5) is 11.4 Å². The number of Topliss-reactive ketones (excluding diaryl/α,β-unsaturated/α-hetero) is 1. The summed E-state index contributed by atoms with van der Waals surface area (Å²) in [5.74, 6) is -1.30. The number of carbonyl (C=O) groups excluding carboxylic acids is 5. The molecule has 2 fully saturated rings. The highest BCUT2D eigenvalue weighted by atomic mass is 16.5. The van der Waals surface area contributed by atoms with Gasteiger partial charge in [0, 0.05) is 87.5 Å². The van der Waals surface area contributed by atoms with Crippen LogP contribution in [0, 0.1) is 11.8 Å². The fourth-order valence-electron chi connectivity index (χ4n) is 8.05. The van der Waals surface area contributed by atoms with Crippen molar-refractivity contribution in [3.05, 3.63) is 64.6 Å².